The highest BCUT2D eigenvalue weighted by atomic mass is 16.4. The predicted octanol–water partition coefficient (Wildman–Crippen LogP) is 3.50. The molecule has 1 aliphatic carbocycles. The van der Waals surface area contributed by atoms with Gasteiger partial charge in [-0.15, -0.1) is 0 Å². The number of hydrogen-bond donors (Lipinski definition) is 2. The van der Waals surface area contributed by atoms with E-state index in [1.807, 2.05) is 0 Å². The Morgan fingerprint density at radius 2 is 1.70 bits per heavy atom. The van der Waals surface area contributed by atoms with Gasteiger partial charge in [0.2, 0.25) is 5.91 Å². The van der Waals surface area contributed by atoms with Crippen LogP contribution in [0.25, 0.3) is 0 Å². The smallest absolute Gasteiger partial charge is 0.306 e. The third-order valence-electron chi connectivity index (χ3n) is 4.15. The maximum atomic E-state index is 11.8. The van der Waals surface area contributed by atoms with Crippen molar-refractivity contribution in [3.8, 4) is 0 Å². The Balaban J connectivity index is 2.00. The van der Waals surface area contributed by atoms with Crippen LogP contribution < -0.4 is 5.32 Å². The van der Waals surface area contributed by atoms with Gasteiger partial charge in [-0.1, -0.05) is 45.4 Å². The first-order valence-corrected chi connectivity index (χ1v) is 8.15. The number of carbonyl (C=O) groups excluding carboxylic acids is 1. The van der Waals surface area contributed by atoms with Gasteiger partial charge >= 0.3 is 5.97 Å². The molecule has 20 heavy (non-hydrogen) atoms. The Kier molecular flexibility index (Phi) is 8.31. The van der Waals surface area contributed by atoms with Crippen molar-refractivity contribution in [1.82, 2.24) is 5.32 Å². The summed E-state index contributed by atoms with van der Waals surface area (Å²) in [6, 6.07) is 0.0770. The van der Waals surface area contributed by atoms with E-state index in [4.69, 9.17) is 5.11 Å². The largest absolute Gasteiger partial charge is 0.481 e. The number of amides is 1. The van der Waals surface area contributed by atoms with E-state index in [0.717, 1.165) is 19.3 Å². The number of rotatable bonds is 10. The zero-order valence-electron chi connectivity index (χ0n) is 12.7. The third-order valence-corrected chi connectivity index (χ3v) is 4.15. The highest BCUT2D eigenvalue weighted by molar-refractivity contribution is 5.76. The van der Waals surface area contributed by atoms with Crippen LogP contribution in [0.1, 0.15) is 77.6 Å². The lowest BCUT2D eigenvalue weighted by atomic mass is 10.1. The van der Waals surface area contributed by atoms with Crippen molar-refractivity contribution < 1.29 is 14.7 Å². The van der Waals surface area contributed by atoms with E-state index >= 15 is 0 Å². The molecule has 0 aromatic heterocycles. The molecule has 4 nitrogen and oxygen atoms in total. The summed E-state index contributed by atoms with van der Waals surface area (Å²) in [6.45, 7) is 2.21. The molecule has 4 heteroatoms. The van der Waals surface area contributed by atoms with Gasteiger partial charge in [0.05, 0.1) is 5.92 Å². The summed E-state index contributed by atoms with van der Waals surface area (Å²) in [5, 5.41) is 11.9. The van der Waals surface area contributed by atoms with E-state index in [9.17, 15) is 9.59 Å². The fraction of sp³-hybridized carbons (Fsp3) is 0.875. The number of carbonyl (C=O) groups is 2. The predicted molar refractivity (Wildman–Crippen MR) is 79.5 cm³/mol. The van der Waals surface area contributed by atoms with Crippen molar-refractivity contribution in [3.63, 3.8) is 0 Å². The molecule has 0 spiro atoms. The first-order chi connectivity index (χ1) is 9.63. The standard InChI is InChI=1S/C16H29NO3/c1-2-3-4-5-6-7-8-9-15(18)17-14-11-10-13(12-14)16(19)20/h13-14H,2-12H2,1H3,(H,17,18)(H,19,20). The number of nitrogens with one attached hydrogen (secondary N) is 1. The SMILES string of the molecule is CCCCCCCCCC(=O)NC1CCC(C(=O)O)C1. The molecule has 0 aromatic rings. The summed E-state index contributed by atoms with van der Waals surface area (Å²) in [5.74, 6) is -0.901. The van der Waals surface area contributed by atoms with Crippen LogP contribution in [0, 0.1) is 5.92 Å². The Morgan fingerprint density at radius 1 is 1.05 bits per heavy atom. The second kappa shape index (κ2) is 9.78. The summed E-state index contributed by atoms with van der Waals surface area (Å²) in [4.78, 5) is 22.6. The zero-order chi connectivity index (χ0) is 14.8. The van der Waals surface area contributed by atoms with Crippen LogP contribution in [-0.4, -0.2) is 23.0 Å². The molecule has 0 saturated heterocycles. The van der Waals surface area contributed by atoms with Crippen LogP contribution in [-0.2, 0) is 9.59 Å². The van der Waals surface area contributed by atoms with E-state index in [2.05, 4.69) is 12.2 Å². The molecule has 1 aliphatic rings. The van der Waals surface area contributed by atoms with Gasteiger partial charge in [-0.3, -0.25) is 9.59 Å². The summed E-state index contributed by atoms with van der Waals surface area (Å²) in [7, 11) is 0. The Labute approximate surface area is 122 Å². The normalized spacial score (nSPS) is 21.9. The lowest BCUT2D eigenvalue weighted by Crippen LogP contribution is -2.33. The molecular weight excluding hydrogens is 254 g/mol. The molecular formula is C16H29NO3. The average Bonchev–Trinajstić information content (AvgIpc) is 2.86. The molecule has 0 radical (unpaired) electrons. The first-order valence-electron chi connectivity index (χ1n) is 8.15. The molecule has 0 heterocycles. The minimum absolute atomic E-state index is 0.0770. The summed E-state index contributed by atoms with van der Waals surface area (Å²) in [5.41, 5.74) is 0. The minimum atomic E-state index is -0.728. The maximum absolute atomic E-state index is 11.8. The van der Waals surface area contributed by atoms with Crippen molar-refractivity contribution in [1.29, 1.82) is 0 Å². The van der Waals surface area contributed by atoms with E-state index in [1.54, 1.807) is 0 Å². The second-order valence-electron chi connectivity index (χ2n) is 5.98. The van der Waals surface area contributed by atoms with Crippen molar-refractivity contribution in [2.75, 3.05) is 0 Å². The van der Waals surface area contributed by atoms with E-state index in [-0.39, 0.29) is 17.9 Å². The van der Waals surface area contributed by atoms with Crippen molar-refractivity contribution in [3.05, 3.63) is 0 Å². The van der Waals surface area contributed by atoms with Gasteiger partial charge in [-0.2, -0.15) is 0 Å². The van der Waals surface area contributed by atoms with Gasteiger partial charge in [-0.25, -0.2) is 0 Å². The van der Waals surface area contributed by atoms with Gasteiger partial charge in [0.1, 0.15) is 0 Å². The molecule has 2 unspecified atom stereocenters. The number of unbranched alkanes of at least 4 members (excludes halogenated alkanes) is 6. The quantitative estimate of drug-likeness (QED) is 0.603. The lowest BCUT2D eigenvalue weighted by molar-refractivity contribution is -0.141. The molecule has 2 N–H and O–H groups in total. The monoisotopic (exact) mass is 283 g/mol. The Bertz CT molecular complexity index is 304. The molecule has 1 rings (SSSR count). The minimum Gasteiger partial charge on any atom is -0.481 e. The summed E-state index contributed by atoms with van der Waals surface area (Å²) < 4.78 is 0. The van der Waals surface area contributed by atoms with Crippen LogP contribution in [0.4, 0.5) is 0 Å². The van der Waals surface area contributed by atoms with Crippen LogP contribution >= 0.6 is 0 Å². The van der Waals surface area contributed by atoms with Gasteiger partial charge in [0.25, 0.3) is 0 Å². The fourth-order valence-electron chi connectivity index (χ4n) is 2.88. The number of hydrogen-bond acceptors (Lipinski definition) is 2. The molecule has 1 amide bonds. The molecule has 0 bridgehead atoms. The third kappa shape index (κ3) is 6.92. The van der Waals surface area contributed by atoms with E-state index < -0.39 is 5.97 Å². The van der Waals surface area contributed by atoms with Gasteiger partial charge in [0, 0.05) is 12.5 Å². The Hall–Kier alpha value is -1.06. The van der Waals surface area contributed by atoms with Crippen LogP contribution in [0.5, 0.6) is 0 Å². The maximum Gasteiger partial charge on any atom is 0.306 e. The zero-order valence-corrected chi connectivity index (χ0v) is 12.7. The number of carboxylic acids is 1. The number of aliphatic carboxylic acids is 1. The van der Waals surface area contributed by atoms with E-state index in [0.29, 0.717) is 19.3 Å². The first kappa shape index (κ1) is 17.0. The summed E-state index contributed by atoms with van der Waals surface area (Å²) >= 11 is 0. The molecule has 1 fully saturated rings. The highest BCUT2D eigenvalue weighted by Crippen LogP contribution is 2.25. The molecule has 0 aliphatic heterocycles. The molecule has 1 saturated carbocycles. The van der Waals surface area contributed by atoms with Crippen LogP contribution in [0.15, 0.2) is 0 Å². The van der Waals surface area contributed by atoms with Gasteiger partial charge in [0.15, 0.2) is 0 Å². The Morgan fingerprint density at radius 3 is 2.30 bits per heavy atom. The van der Waals surface area contributed by atoms with Crippen molar-refractivity contribution in [2.24, 2.45) is 5.92 Å². The van der Waals surface area contributed by atoms with E-state index in [1.165, 1.54) is 32.1 Å². The highest BCUT2D eigenvalue weighted by Gasteiger charge is 2.30. The van der Waals surface area contributed by atoms with Crippen molar-refractivity contribution in [2.45, 2.75) is 83.6 Å². The molecule has 2 atom stereocenters. The average molecular weight is 283 g/mol. The number of carboxylic acid groups (broad SMARTS) is 1. The second-order valence-corrected chi connectivity index (χ2v) is 5.98. The van der Waals surface area contributed by atoms with Gasteiger partial charge < -0.3 is 10.4 Å². The summed E-state index contributed by atoms with van der Waals surface area (Å²) in [6.07, 6.45) is 11.1. The van der Waals surface area contributed by atoms with Crippen LogP contribution in [0.2, 0.25) is 0 Å². The molecule has 0 aromatic carbocycles. The van der Waals surface area contributed by atoms with Crippen molar-refractivity contribution >= 4 is 11.9 Å². The molecule has 116 valence electrons. The lowest BCUT2D eigenvalue weighted by Gasteiger charge is -2.12. The van der Waals surface area contributed by atoms with Gasteiger partial charge in [-0.05, 0) is 25.7 Å². The van der Waals surface area contributed by atoms with Crippen LogP contribution in [0.3, 0.4) is 0 Å². The fourth-order valence-corrected chi connectivity index (χ4v) is 2.88. The topological polar surface area (TPSA) is 66.4 Å².